The molecule has 0 bridgehead atoms. The van der Waals surface area contributed by atoms with Crippen LogP contribution in [0.15, 0.2) is 42.6 Å². The summed E-state index contributed by atoms with van der Waals surface area (Å²) in [6.45, 7) is 6.75. The zero-order valence-electron chi connectivity index (χ0n) is 13.8. The van der Waals surface area contributed by atoms with Crippen molar-refractivity contribution < 1.29 is 9.53 Å². The van der Waals surface area contributed by atoms with Gasteiger partial charge in [0.05, 0.1) is 12.3 Å². The Morgan fingerprint density at radius 2 is 1.96 bits per heavy atom. The second-order valence-corrected chi connectivity index (χ2v) is 5.62. The molecule has 0 aliphatic heterocycles. The van der Waals surface area contributed by atoms with Crippen LogP contribution in [-0.2, 0) is 6.42 Å². The van der Waals surface area contributed by atoms with E-state index in [-0.39, 0.29) is 0 Å². The van der Waals surface area contributed by atoms with E-state index in [1.165, 1.54) is 5.56 Å². The van der Waals surface area contributed by atoms with Crippen LogP contribution in [0.3, 0.4) is 0 Å². The summed E-state index contributed by atoms with van der Waals surface area (Å²) in [4.78, 5) is 11.7. The highest BCUT2D eigenvalue weighted by atomic mass is 16.5. The van der Waals surface area contributed by atoms with Crippen molar-refractivity contribution in [2.24, 2.45) is 0 Å². The Labute approximate surface area is 136 Å². The highest BCUT2D eigenvalue weighted by Gasteiger charge is 2.16. The Morgan fingerprint density at radius 3 is 2.65 bits per heavy atom. The number of aromatic nitrogens is 1. The fourth-order valence-corrected chi connectivity index (χ4v) is 2.99. The number of nitrogens with zero attached hydrogens (tertiary/aromatic N) is 1. The van der Waals surface area contributed by atoms with Crippen LogP contribution in [0.1, 0.15) is 35.5 Å². The van der Waals surface area contributed by atoms with E-state index < -0.39 is 0 Å². The molecule has 0 fully saturated rings. The van der Waals surface area contributed by atoms with Crippen molar-refractivity contribution >= 4 is 11.8 Å². The van der Waals surface area contributed by atoms with Gasteiger partial charge in [0.1, 0.15) is 5.75 Å². The third kappa shape index (κ3) is 2.63. The molecular formula is C20H21NO2. The van der Waals surface area contributed by atoms with Crippen molar-refractivity contribution in [3.05, 3.63) is 59.4 Å². The second-order valence-electron chi connectivity index (χ2n) is 5.62. The molecule has 0 atom stereocenters. The predicted octanol–water partition coefficient (Wildman–Crippen LogP) is 4.69. The third-order valence-corrected chi connectivity index (χ3v) is 4.22. The molecule has 3 heteroatoms. The molecule has 0 unspecified atom stereocenters. The summed E-state index contributed by atoms with van der Waals surface area (Å²) in [6.07, 6.45) is 3.80. The monoisotopic (exact) mass is 307 g/mol. The van der Waals surface area contributed by atoms with Crippen LogP contribution in [-0.4, -0.2) is 17.3 Å². The number of aryl methyl sites for hydroxylation is 2. The summed E-state index contributed by atoms with van der Waals surface area (Å²) in [6, 6.07) is 12.3. The Bertz CT molecular complexity index is 861. The van der Waals surface area contributed by atoms with Gasteiger partial charge in [0.2, 0.25) is 0 Å². The fourth-order valence-electron chi connectivity index (χ4n) is 2.99. The summed E-state index contributed by atoms with van der Waals surface area (Å²) < 4.78 is 7.74. The first-order chi connectivity index (χ1) is 11.2. The summed E-state index contributed by atoms with van der Waals surface area (Å²) in [7, 11) is 0. The Kier molecular flexibility index (Phi) is 4.20. The van der Waals surface area contributed by atoms with Crippen LogP contribution in [0.25, 0.3) is 16.6 Å². The molecule has 0 N–H and O–H groups in total. The van der Waals surface area contributed by atoms with Crippen molar-refractivity contribution in [2.45, 2.75) is 27.2 Å². The molecule has 3 aromatic rings. The van der Waals surface area contributed by atoms with Crippen LogP contribution in [0.2, 0.25) is 0 Å². The standard InChI is InChI=1S/C20H21NO2/c1-4-15-8-9-20(23-5-2)17(11-15)16-12-18-14(3)7-6-10-21(18)19(16)13-22/h6-13H,4-5H2,1-3H3. The van der Waals surface area contributed by atoms with E-state index in [1.54, 1.807) is 0 Å². The largest absolute Gasteiger partial charge is 0.493 e. The van der Waals surface area contributed by atoms with E-state index >= 15 is 0 Å². The average molecular weight is 307 g/mol. The molecule has 0 amide bonds. The van der Waals surface area contributed by atoms with Crippen molar-refractivity contribution in [3.8, 4) is 16.9 Å². The lowest BCUT2D eigenvalue weighted by molar-refractivity contribution is 0.111. The SMILES string of the molecule is CCOc1ccc(CC)cc1-c1cc2c(C)cccn2c1C=O. The molecule has 3 rings (SSSR count). The number of rotatable bonds is 5. The fraction of sp³-hybridized carbons (Fsp3) is 0.250. The van der Waals surface area contributed by atoms with E-state index in [4.69, 9.17) is 4.74 Å². The molecule has 3 nitrogen and oxygen atoms in total. The summed E-state index contributed by atoms with van der Waals surface area (Å²) >= 11 is 0. The van der Waals surface area contributed by atoms with Crippen LogP contribution in [0.4, 0.5) is 0 Å². The molecular weight excluding hydrogens is 286 g/mol. The van der Waals surface area contributed by atoms with Gasteiger partial charge in [0.15, 0.2) is 6.29 Å². The van der Waals surface area contributed by atoms with Gasteiger partial charge in [-0.15, -0.1) is 0 Å². The molecule has 0 saturated carbocycles. The molecule has 0 spiro atoms. The first-order valence-electron chi connectivity index (χ1n) is 8.01. The van der Waals surface area contributed by atoms with Crippen molar-refractivity contribution in [1.82, 2.24) is 4.40 Å². The van der Waals surface area contributed by atoms with Gasteiger partial charge in [0.25, 0.3) is 0 Å². The Morgan fingerprint density at radius 1 is 1.13 bits per heavy atom. The maximum absolute atomic E-state index is 11.7. The van der Waals surface area contributed by atoms with Crippen LogP contribution < -0.4 is 4.74 Å². The van der Waals surface area contributed by atoms with Gasteiger partial charge in [-0.2, -0.15) is 0 Å². The molecule has 0 radical (unpaired) electrons. The average Bonchev–Trinajstić information content (AvgIpc) is 2.95. The normalized spacial score (nSPS) is 10.9. The van der Waals surface area contributed by atoms with Crippen LogP contribution >= 0.6 is 0 Å². The molecule has 23 heavy (non-hydrogen) atoms. The topological polar surface area (TPSA) is 30.7 Å². The van der Waals surface area contributed by atoms with Gasteiger partial charge in [-0.05, 0) is 55.7 Å². The predicted molar refractivity (Wildman–Crippen MR) is 93.5 cm³/mol. The van der Waals surface area contributed by atoms with Gasteiger partial charge in [-0.3, -0.25) is 4.79 Å². The summed E-state index contributed by atoms with van der Waals surface area (Å²) in [5.41, 5.74) is 6.00. The smallest absolute Gasteiger partial charge is 0.167 e. The third-order valence-electron chi connectivity index (χ3n) is 4.22. The van der Waals surface area contributed by atoms with Gasteiger partial charge in [-0.1, -0.05) is 19.1 Å². The zero-order chi connectivity index (χ0) is 16.4. The van der Waals surface area contributed by atoms with E-state index in [9.17, 15) is 4.79 Å². The lowest BCUT2D eigenvalue weighted by Gasteiger charge is -2.11. The quantitative estimate of drug-likeness (QED) is 0.640. The van der Waals surface area contributed by atoms with Gasteiger partial charge < -0.3 is 9.14 Å². The number of ether oxygens (including phenoxy) is 1. The van der Waals surface area contributed by atoms with Crippen LogP contribution in [0, 0.1) is 6.92 Å². The summed E-state index contributed by atoms with van der Waals surface area (Å²) in [5, 5.41) is 0. The second kappa shape index (κ2) is 6.29. The van der Waals surface area contributed by atoms with E-state index in [0.29, 0.717) is 12.3 Å². The van der Waals surface area contributed by atoms with E-state index in [0.717, 1.165) is 40.7 Å². The van der Waals surface area contributed by atoms with Crippen LogP contribution in [0.5, 0.6) is 5.75 Å². The number of aldehydes is 1. The Balaban J connectivity index is 2.31. The van der Waals surface area contributed by atoms with Crippen molar-refractivity contribution in [3.63, 3.8) is 0 Å². The lowest BCUT2D eigenvalue weighted by atomic mass is 10.0. The maximum atomic E-state index is 11.7. The molecule has 2 heterocycles. The first-order valence-corrected chi connectivity index (χ1v) is 8.01. The molecule has 0 aliphatic carbocycles. The minimum absolute atomic E-state index is 0.599. The number of pyridine rings is 1. The first kappa shape index (κ1) is 15.3. The van der Waals surface area contributed by atoms with Gasteiger partial charge >= 0.3 is 0 Å². The number of fused-ring (bicyclic) bond motifs is 1. The zero-order valence-corrected chi connectivity index (χ0v) is 13.8. The van der Waals surface area contributed by atoms with Gasteiger partial charge in [0, 0.05) is 22.8 Å². The van der Waals surface area contributed by atoms with Crippen molar-refractivity contribution in [2.75, 3.05) is 6.61 Å². The highest BCUT2D eigenvalue weighted by Crippen LogP contribution is 2.35. The number of benzene rings is 1. The number of hydrogen-bond donors (Lipinski definition) is 0. The molecule has 2 aromatic heterocycles. The summed E-state index contributed by atoms with van der Waals surface area (Å²) in [5.74, 6) is 0.821. The highest BCUT2D eigenvalue weighted by molar-refractivity contribution is 5.92. The molecule has 0 aliphatic rings. The minimum atomic E-state index is 0.599. The Hall–Kier alpha value is -2.55. The maximum Gasteiger partial charge on any atom is 0.167 e. The van der Waals surface area contributed by atoms with Gasteiger partial charge in [-0.25, -0.2) is 0 Å². The minimum Gasteiger partial charge on any atom is -0.493 e. The molecule has 0 saturated heterocycles. The molecule has 118 valence electrons. The molecule has 1 aromatic carbocycles. The van der Waals surface area contributed by atoms with E-state index in [1.807, 2.05) is 29.7 Å². The number of carbonyl (C=O) groups excluding carboxylic acids is 1. The number of hydrogen-bond acceptors (Lipinski definition) is 2. The van der Waals surface area contributed by atoms with E-state index in [2.05, 4.69) is 38.1 Å². The number of carbonyl (C=O) groups is 1. The lowest BCUT2D eigenvalue weighted by Crippen LogP contribution is -1.97. The van der Waals surface area contributed by atoms with Crippen molar-refractivity contribution in [1.29, 1.82) is 0 Å².